The molecule has 3 heterocycles. The third kappa shape index (κ3) is 1.49. The minimum Gasteiger partial charge on any atom is -0.338 e. The molecule has 2 fully saturated rings. The van der Waals surface area contributed by atoms with Crippen LogP contribution in [0.3, 0.4) is 0 Å². The normalized spacial score (nSPS) is 38.8. The molecule has 1 saturated heterocycles. The van der Waals surface area contributed by atoms with Crippen molar-refractivity contribution in [3.8, 4) is 0 Å². The molecule has 0 amide bonds. The Labute approximate surface area is 132 Å². The van der Waals surface area contributed by atoms with Gasteiger partial charge in [-0.1, -0.05) is 18.2 Å². The first-order valence-corrected chi connectivity index (χ1v) is 8.86. The van der Waals surface area contributed by atoms with Crippen molar-refractivity contribution in [2.45, 2.75) is 63.6 Å². The lowest BCUT2D eigenvalue weighted by Crippen LogP contribution is -2.68. The lowest BCUT2D eigenvalue weighted by molar-refractivity contribution is -0.0347. The van der Waals surface area contributed by atoms with Gasteiger partial charge >= 0.3 is 0 Å². The Bertz CT molecular complexity index is 756. The maximum atomic E-state index is 4.02. The van der Waals surface area contributed by atoms with Crippen LogP contribution in [0.5, 0.6) is 0 Å². The zero-order valence-corrected chi connectivity index (χ0v) is 13.9. The highest BCUT2D eigenvalue weighted by molar-refractivity contribution is 5.82. The molecule has 0 unspecified atom stereocenters. The third-order valence-corrected chi connectivity index (χ3v) is 7.13. The molecule has 2 nitrogen and oxygen atoms in total. The number of hydrogen-bond acceptors (Lipinski definition) is 1. The average Bonchev–Trinajstić information content (AvgIpc) is 2.84. The maximum Gasteiger partial charge on any atom is 0.0487 e. The monoisotopic (exact) mass is 294 g/mol. The molecule has 3 aliphatic rings. The van der Waals surface area contributed by atoms with Gasteiger partial charge in [-0.25, -0.2) is 0 Å². The molecule has 2 aromatic rings. The van der Waals surface area contributed by atoms with Crippen LogP contribution in [-0.2, 0) is 12.0 Å². The second kappa shape index (κ2) is 3.97. The fourth-order valence-corrected chi connectivity index (χ4v) is 5.94. The number of benzene rings is 1. The van der Waals surface area contributed by atoms with Gasteiger partial charge in [0, 0.05) is 34.8 Å². The maximum absolute atomic E-state index is 4.02. The van der Waals surface area contributed by atoms with Crippen molar-refractivity contribution in [3.05, 3.63) is 36.0 Å². The highest BCUT2D eigenvalue weighted by Crippen LogP contribution is 2.54. The summed E-state index contributed by atoms with van der Waals surface area (Å²) in [6, 6.07) is 12.0. The Morgan fingerprint density at radius 1 is 1.18 bits per heavy atom. The standard InChI is InChI=1S/C20H26N2/c1-19(2)14-8-9-20(3)16(11-14)17(21-19)12-15-10-13-6-4-5-7-18(13)22(15)20/h4-7,10,14,16-17,21H,8-9,11-12H2,1-3H3/t14-,16+,17+,20+/m0/s1. The van der Waals surface area contributed by atoms with Crippen LogP contribution in [0.1, 0.15) is 45.7 Å². The number of piperidine rings is 1. The predicted octanol–water partition coefficient (Wildman–Crippen LogP) is 4.08. The molecule has 116 valence electrons. The molecule has 2 heteroatoms. The lowest BCUT2D eigenvalue weighted by atomic mass is 9.57. The van der Waals surface area contributed by atoms with E-state index in [0.29, 0.717) is 17.1 Å². The number of para-hydroxylation sites is 1. The SMILES string of the molecule is CC1(C)N[C@@H]2Cc3cc4ccccc4n3[C@]3(C)CC[C@H]1C[C@H]23. The number of fused-ring (bicyclic) bond motifs is 5. The van der Waals surface area contributed by atoms with E-state index in [1.165, 1.54) is 42.3 Å². The van der Waals surface area contributed by atoms with E-state index in [4.69, 9.17) is 0 Å². The van der Waals surface area contributed by atoms with Gasteiger partial charge in [0.1, 0.15) is 0 Å². The molecule has 22 heavy (non-hydrogen) atoms. The van der Waals surface area contributed by atoms with Crippen LogP contribution >= 0.6 is 0 Å². The van der Waals surface area contributed by atoms with E-state index in [9.17, 15) is 0 Å². The van der Waals surface area contributed by atoms with Crippen molar-refractivity contribution < 1.29 is 0 Å². The van der Waals surface area contributed by atoms with E-state index in [1.54, 1.807) is 0 Å². The van der Waals surface area contributed by atoms with Crippen LogP contribution < -0.4 is 5.32 Å². The summed E-state index contributed by atoms with van der Waals surface area (Å²) in [6.45, 7) is 7.36. The topological polar surface area (TPSA) is 17.0 Å². The van der Waals surface area contributed by atoms with Gasteiger partial charge in [0.2, 0.25) is 0 Å². The van der Waals surface area contributed by atoms with E-state index < -0.39 is 0 Å². The van der Waals surface area contributed by atoms with Crippen molar-refractivity contribution in [3.63, 3.8) is 0 Å². The molecule has 5 rings (SSSR count). The van der Waals surface area contributed by atoms with Crippen LogP contribution in [0.15, 0.2) is 30.3 Å². The first kappa shape index (κ1) is 13.2. The molecule has 0 spiro atoms. The molecule has 1 saturated carbocycles. The summed E-state index contributed by atoms with van der Waals surface area (Å²) in [4.78, 5) is 0. The van der Waals surface area contributed by atoms with Crippen molar-refractivity contribution in [1.29, 1.82) is 0 Å². The van der Waals surface area contributed by atoms with Gasteiger partial charge in [-0.15, -0.1) is 0 Å². The Kier molecular flexibility index (Phi) is 2.38. The predicted molar refractivity (Wildman–Crippen MR) is 91.1 cm³/mol. The van der Waals surface area contributed by atoms with Crippen molar-refractivity contribution in [2.24, 2.45) is 11.8 Å². The Morgan fingerprint density at radius 3 is 2.86 bits per heavy atom. The molecule has 0 radical (unpaired) electrons. The minimum absolute atomic E-state index is 0.293. The van der Waals surface area contributed by atoms with Crippen LogP contribution in [0.25, 0.3) is 10.9 Å². The van der Waals surface area contributed by atoms with Crippen LogP contribution in [0.2, 0.25) is 0 Å². The Morgan fingerprint density at radius 2 is 2.00 bits per heavy atom. The van der Waals surface area contributed by atoms with Crippen molar-refractivity contribution in [1.82, 2.24) is 9.88 Å². The molecule has 1 N–H and O–H groups in total. The molecule has 1 aromatic heterocycles. The van der Waals surface area contributed by atoms with Gasteiger partial charge in [-0.3, -0.25) is 0 Å². The smallest absolute Gasteiger partial charge is 0.0487 e. The van der Waals surface area contributed by atoms with E-state index >= 15 is 0 Å². The zero-order valence-electron chi connectivity index (χ0n) is 13.9. The summed E-state index contributed by atoms with van der Waals surface area (Å²) in [7, 11) is 0. The summed E-state index contributed by atoms with van der Waals surface area (Å²) in [5.41, 5.74) is 3.58. The highest BCUT2D eigenvalue weighted by Gasteiger charge is 2.55. The molecule has 2 bridgehead atoms. The van der Waals surface area contributed by atoms with Crippen molar-refractivity contribution in [2.75, 3.05) is 0 Å². The Balaban J connectivity index is 1.74. The van der Waals surface area contributed by atoms with Gasteiger partial charge in [0.05, 0.1) is 0 Å². The second-order valence-electron chi connectivity index (χ2n) is 8.64. The summed E-state index contributed by atoms with van der Waals surface area (Å²) in [5, 5.41) is 5.44. The number of nitrogens with one attached hydrogen (secondary N) is 1. The van der Waals surface area contributed by atoms with Crippen LogP contribution in [-0.4, -0.2) is 16.1 Å². The summed E-state index contributed by atoms with van der Waals surface area (Å²) < 4.78 is 2.71. The fraction of sp³-hybridized carbons (Fsp3) is 0.600. The fourth-order valence-electron chi connectivity index (χ4n) is 5.94. The van der Waals surface area contributed by atoms with Crippen LogP contribution in [0.4, 0.5) is 0 Å². The quantitative estimate of drug-likeness (QED) is 0.774. The Hall–Kier alpha value is -1.28. The molecule has 2 aliphatic heterocycles. The molecular formula is C20H26N2. The molecule has 4 atom stereocenters. The van der Waals surface area contributed by atoms with Gasteiger partial charge in [-0.2, -0.15) is 0 Å². The van der Waals surface area contributed by atoms with Gasteiger partial charge < -0.3 is 9.88 Å². The van der Waals surface area contributed by atoms with Crippen LogP contribution in [0, 0.1) is 11.8 Å². The first-order valence-electron chi connectivity index (χ1n) is 8.86. The first-order chi connectivity index (χ1) is 10.5. The number of rotatable bonds is 0. The van der Waals surface area contributed by atoms with E-state index in [1.807, 2.05) is 0 Å². The lowest BCUT2D eigenvalue weighted by Gasteiger charge is -2.60. The van der Waals surface area contributed by atoms with E-state index in [0.717, 1.165) is 11.8 Å². The third-order valence-electron chi connectivity index (χ3n) is 7.13. The van der Waals surface area contributed by atoms with E-state index in [2.05, 4.69) is 61.0 Å². The summed E-state index contributed by atoms with van der Waals surface area (Å²) in [6.07, 6.45) is 5.26. The van der Waals surface area contributed by atoms with Crippen molar-refractivity contribution >= 4 is 10.9 Å². The number of aromatic nitrogens is 1. The van der Waals surface area contributed by atoms with Gasteiger partial charge in [0.15, 0.2) is 0 Å². The average molecular weight is 294 g/mol. The van der Waals surface area contributed by atoms with E-state index in [-0.39, 0.29) is 0 Å². The number of nitrogens with zero attached hydrogens (tertiary/aromatic N) is 1. The molecule has 1 aliphatic carbocycles. The molecular weight excluding hydrogens is 268 g/mol. The summed E-state index contributed by atoms with van der Waals surface area (Å²) >= 11 is 0. The minimum atomic E-state index is 0.293. The van der Waals surface area contributed by atoms with Gasteiger partial charge in [0.25, 0.3) is 0 Å². The zero-order chi connectivity index (χ0) is 15.1. The molecule has 1 aromatic carbocycles. The summed E-state index contributed by atoms with van der Waals surface area (Å²) in [5.74, 6) is 1.62. The number of hydrogen-bond donors (Lipinski definition) is 1. The highest BCUT2D eigenvalue weighted by atomic mass is 15.2. The largest absolute Gasteiger partial charge is 0.338 e. The second-order valence-corrected chi connectivity index (χ2v) is 8.64. The van der Waals surface area contributed by atoms with Gasteiger partial charge in [-0.05, 0) is 69.4 Å².